The molecule has 0 radical (unpaired) electrons. The van der Waals surface area contributed by atoms with Gasteiger partial charge in [-0.3, -0.25) is 9.59 Å². The van der Waals surface area contributed by atoms with Crippen LogP contribution in [0.15, 0.2) is 60.7 Å². The van der Waals surface area contributed by atoms with E-state index in [4.69, 9.17) is 9.47 Å². The van der Waals surface area contributed by atoms with E-state index in [-0.39, 0.29) is 24.4 Å². The average Bonchev–Trinajstić information content (AvgIpc) is 3.26. The van der Waals surface area contributed by atoms with Gasteiger partial charge in [-0.25, -0.2) is 0 Å². The minimum atomic E-state index is -0.0183. The lowest BCUT2D eigenvalue weighted by molar-refractivity contribution is -0.141. The second-order valence-electron chi connectivity index (χ2n) is 10.0. The van der Waals surface area contributed by atoms with E-state index in [0.717, 1.165) is 42.0 Å². The maximum Gasteiger partial charge on any atom is 0.242 e. The van der Waals surface area contributed by atoms with E-state index >= 15 is 0 Å². The normalized spacial score (nSPS) is 14.3. The second kappa shape index (κ2) is 13.8. The van der Waals surface area contributed by atoms with Gasteiger partial charge < -0.3 is 24.2 Å². The number of rotatable bonds is 10. The van der Waals surface area contributed by atoms with Crippen LogP contribution < -0.4 is 14.4 Å². The lowest BCUT2D eigenvalue weighted by atomic mass is 10.1. The molecule has 2 heterocycles. The van der Waals surface area contributed by atoms with Gasteiger partial charge in [0.05, 0.1) is 32.9 Å². The fourth-order valence-electron chi connectivity index (χ4n) is 4.87. The predicted octanol–water partition coefficient (Wildman–Crippen LogP) is 4.07. The Morgan fingerprint density at radius 3 is 2.38 bits per heavy atom. The monoisotopic (exact) mass is 545 g/mol. The van der Waals surface area contributed by atoms with Crippen LogP contribution in [0.1, 0.15) is 32.3 Å². The molecule has 3 aromatic rings. The van der Waals surface area contributed by atoms with E-state index in [1.807, 2.05) is 79.4 Å². The molecular formula is C31H39N5O4. The molecule has 0 bridgehead atoms. The topological polar surface area (TPSA) is 88.1 Å². The fraction of sp³-hybridized carbons (Fsp3) is 0.419. The smallest absolute Gasteiger partial charge is 0.242 e. The van der Waals surface area contributed by atoms with Gasteiger partial charge in [-0.1, -0.05) is 37.3 Å². The molecule has 1 aliphatic rings. The number of methoxy groups -OCH3 is 2. The summed E-state index contributed by atoms with van der Waals surface area (Å²) in [5, 5.41) is 8.93. The Bertz CT molecular complexity index is 1270. The van der Waals surface area contributed by atoms with Gasteiger partial charge in [-0.05, 0) is 55.7 Å². The zero-order valence-electron chi connectivity index (χ0n) is 23.9. The average molecular weight is 546 g/mol. The summed E-state index contributed by atoms with van der Waals surface area (Å²) in [7, 11) is 3.21. The van der Waals surface area contributed by atoms with Crippen LogP contribution in [0.3, 0.4) is 0 Å². The van der Waals surface area contributed by atoms with Crippen LogP contribution in [0.25, 0.3) is 11.3 Å². The summed E-state index contributed by atoms with van der Waals surface area (Å²) >= 11 is 0. The number of nitrogens with zero attached hydrogens (tertiary/aromatic N) is 5. The van der Waals surface area contributed by atoms with Crippen molar-refractivity contribution in [2.75, 3.05) is 51.8 Å². The van der Waals surface area contributed by atoms with E-state index in [1.54, 1.807) is 19.1 Å². The zero-order valence-corrected chi connectivity index (χ0v) is 23.9. The summed E-state index contributed by atoms with van der Waals surface area (Å²) in [6, 6.07) is 19.2. The highest BCUT2D eigenvalue weighted by atomic mass is 16.5. The predicted molar refractivity (Wildman–Crippen MR) is 156 cm³/mol. The first kappa shape index (κ1) is 28.9. The highest BCUT2D eigenvalue weighted by Gasteiger charge is 2.26. The summed E-state index contributed by atoms with van der Waals surface area (Å²) in [5.41, 5.74) is 2.58. The van der Waals surface area contributed by atoms with Crippen molar-refractivity contribution < 1.29 is 19.1 Å². The third-order valence-corrected chi connectivity index (χ3v) is 7.45. The summed E-state index contributed by atoms with van der Waals surface area (Å²) in [5.74, 6) is 2.04. The van der Waals surface area contributed by atoms with E-state index in [1.165, 1.54) is 0 Å². The number of hydrogen-bond acceptors (Lipinski definition) is 7. The van der Waals surface area contributed by atoms with Gasteiger partial charge in [0, 0.05) is 37.8 Å². The van der Waals surface area contributed by atoms with Crippen LogP contribution in [-0.2, 0) is 16.0 Å². The highest BCUT2D eigenvalue weighted by Crippen LogP contribution is 2.31. The third-order valence-electron chi connectivity index (χ3n) is 7.45. The molecule has 212 valence electrons. The van der Waals surface area contributed by atoms with Crippen LogP contribution in [0.5, 0.6) is 11.5 Å². The van der Waals surface area contributed by atoms with E-state index in [0.29, 0.717) is 37.6 Å². The third kappa shape index (κ3) is 7.08. The Kier molecular flexibility index (Phi) is 9.94. The molecule has 1 aliphatic heterocycles. The molecule has 1 fully saturated rings. The van der Waals surface area contributed by atoms with Crippen molar-refractivity contribution in [1.29, 1.82) is 0 Å². The maximum atomic E-state index is 13.3. The summed E-state index contributed by atoms with van der Waals surface area (Å²) in [4.78, 5) is 32.3. The number of carbonyl (C=O) groups is 2. The minimum absolute atomic E-state index is 0.0110. The molecule has 0 unspecified atom stereocenters. The SMILES string of the molecule is CC[C@H](C)N(CC(=O)N1CCCN(c2ccc(-c3ccc(OC)c(OC)c3)nn2)CC1)C(=O)Cc1ccccc1. The number of benzene rings is 2. The van der Waals surface area contributed by atoms with Crippen molar-refractivity contribution in [2.24, 2.45) is 0 Å². The first-order chi connectivity index (χ1) is 19.4. The van der Waals surface area contributed by atoms with Crippen LogP contribution >= 0.6 is 0 Å². The van der Waals surface area contributed by atoms with Gasteiger partial charge in [-0.2, -0.15) is 0 Å². The van der Waals surface area contributed by atoms with Crippen LogP contribution in [0, 0.1) is 0 Å². The number of anilines is 1. The number of aromatic nitrogens is 2. The van der Waals surface area contributed by atoms with Gasteiger partial charge in [0.1, 0.15) is 0 Å². The van der Waals surface area contributed by atoms with Crippen molar-refractivity contribution in [3.05, 3.63) is 66.2 Å². The molecule has 0 spiro atoms. The number of ether oxygens (including phenoxy) is 2. The van der Waals surface area contributed by atoms with Crippen molar-refractivity contribution in [3.8, 4) is 22.8 Å². The Morgan fingerprint density at radius 2 is 1.70 bits per heavy atom. The largest absolute Gasteiger partial charge is 0.493 e. The first-order valence-electron chi connectivity index (χ1n) is 13.9. The lowest BCUT2D eigenvalue weighted by Crippen LogP contribution is -2.47. The maximum absolute atomic E-state index is 13.3. The Morgan fingerprint density at radius 1 is 0.925 bits per heavy atom. The lowest BCUT2D eigenvalue weighted by Gasteiger charge is -2.31. The summed E-state index contributed by atoms with van der Waals surface area (Å²) in [6.45, 7) is 6.78. The first-order valence-corrected chi connectivity index (χ1v) is 13.9. The molecule has 0 N–H and O–H groups in total. The standard InChI is InChI=1S/C31H39N5O4/c1-5-23(2)36(30(37)20-24-10-7-6-8-11-24)22-31(38)35-17-9-16-34(18-19-35)29-15-13-26(32-33-29)25-12-14-27(39-3)28(21-25)40-4/h6-8,10-15,21,23H,5,9,16-20,22H2,1-4H3/t23-/m0/s1. The molecular weight excluding hydrogens is 506 g/mol. The highest BCUT2D eigenvalue weighted by molar-refractivity contribution is 5.86. The van der Waals surface area contributed by atoms with Gasteiger partial charge in [0.15, 0.2) is 17.3 Å². The molecule has 2 amide bonds. The number of amides is 2. The van der Waals surface area contributed by atoms with Crippen molar-refractivity contribution >= 4 is 17.6 Å². The molecule has 9 nitrogen and oxygen atoms in total. The van der Waals surface area contributed by atoms with E-state index in [9.17, 15) is 9.59 Å². The zero-order chi connectivity index (χ0) is 28.5. The van der Waals surface area contributed by atoms with Crippen molar-refractivity contribution in [3.63, 3.8) is 0 Å². The Balaban J connectivity index is 1.37. The Labute approximate surface area is 236 Å². The second-order valence-corrected chi connectivity index (χ2v) is 10.0. The molecule has 1 saturated heterocycles. The minimum Gasteiger partial charge on any atom is -0.493 e. The number of carbonyl (C=O) groups excluding carboxylic acids is 2. The van der Waals surface area contributed by atoms with E-state index in [2.05, 4.69) is 15.1 Å². The number of hydrogen-bond donors (Lipinski definition) is 0. The fourth-order valence-corrected chi connectivity index (χ4v) is 4.87. The van der Waals surface area contributed by atoms with Crippen LogP contribution in [0.4, 0.5) is 5.82 Å². The Hall–Kier alpha value is -4.14. The van der Waals surface area contributed by atoms with Gasteiger partial charge in [0.25, 0.3) is 0 Å². The van der Waals surface area contributed by atoms with Crippen molar-refractivity contribution in [2.45, 2.75) is 39.2 Å². The molecule has 9 heteroatoms. The van der Waals surface area contributed by atoms with Gasteiger partial charge in [-0.15, -0.1) is 10.2 Å². The van der Waals surface area contributed by atoms with Gasteiger partial charge >= 0.3 is 0 Å². The summed E-state index contributed by atoms with van der Waals surface area (Å²) in [6.07, 6.45) is 1.90. The summed E-state index contributed by atoms with van der Waals surface area (Å²) < 4.78 is 10.7. The quantitative estimate of drug-likeness (QED) is 0.380. The van der Waals surface area contributed by atoms with Crippen LogP contribution in [-0.4, -0.2) is 84.8 Å². The van der Waals surface area contributed by atoms with E-state index < -0.39 is 0 Å². The molecule has 0 saturated carbocycles. The molecule has 4 rings (SSSR count). The van der Waals surface area contributed by atoms with Crippen molar-refractivity contribution in [1.82, 2.24) is 20.0 Å². The van der Waals surface area contributed by atoms with Gasteiger partial charge in [0.2, 0.25) is 11.8 Å². The molecule has 0 aliphatic carbocycles. The molecule has 2 aromatic carbocycles. The molecule has 40 heavy (non-hydrogen) atoms. The van der Waals surface area contributed by atoms with Crippen LogP contribution in [0.2, 0.25) is 0 Å². The molecule has 1 atom stereocenters. The molecule has 1 aromatic heterocycles.